The van der Waals surface area contributed by atoms with E-state index < -0.39 is 0 Å². The first-order valence-electron chi connectivity index (χ1n) is 6.24. The Morgan fingerprint density at radius 3 is 2.35 bits per heavy atom. The SMILES string of the molecule is COC(=O)c1cccc(Sc2ccc(N(C)C)cc2)c1. The van der Waals surface area contributed by atoms with E-state index in [9.17, 15) is 4.79 Å². The number of benzene rings is 2. The second kappa shape index (κ2) is 6.48. The minimum absolute atomic E-state index is 0.310. The van der Waals surface area contributed by atoms with Crippen LogP contribution in [-0.4, -0.2) is 27.2 Å². The van der Waals surface area contributed by atoms with Crippen LogP contribution in [0.15, 0.2) is 58.3 Å². The molecule has 3 nitrogen and oxygen atoms in total. The topological polar surface area (TPSA) is 29.5 Å². The number of esters is 1. The van der Waals surface area contributed by atoms with E-state index in [1.54, 1.807) is 17.8 Å². The summed E-state index contributed by atoms with van der Waals surface area (Å²) in [6.07, 6.45) is 0. The molecule has 0 saturated heterocycles. The standard InChI is InChI=1S/C16H17NO2S/c1-17(2)13-7-9-14(10-8-13)20-15-6-4-5-12(11-15)16(18)19-3/h4-11H,1-3H3. The minimum Gasteiger partial charge on any atom is -0.465 e. The first-order chi connectivity index (χ1) is 9.60. The van der Waals surface area contributed by atoms with Gasteiger partial charge in [-0.05, 0) is 42.5 Å². The largest absolute Gasteiger partial charge is 0.465 e. The van der Waals surface area contributed by atoms with Crippen molar-refractivity contribution in [2.75, 3.05) is 26.1 Å². The number of rotatable bonds is 4. The fourth-order valence-corrected chi connectivity index (χ4v) is 2.63. The Bertz CT molecular complexity index is 594. The highest BCUT2D eigenvalue weighted by Gasteiger charge is 2.06. The van der Waals surface area contributed by atoms with Crippen LogP contribution in [0.3, 0.4) is 0 Å². The van der Waals surface area contributed by atoms with Gasteiger partial charge in [-0.3, -0.25) is 0 Å². The molecule has 0 amide bonds. The number of carbonyl (C=O) groups excluding carboxylic acids is 1. The summed E-state index contributed by atoms with van der Waals surface area (Å²) in [6, 6.07) is 15.7. The number of carbonyl (C=O) groups is 1. The zero-order valence-corrected chi connectivity index (χ0v) is 12.6. The molecule has 0 atom stereocenters. The number of hydrogen-bond donors (Lipinski definition) is 0. The summed E-state index contributed by atoms with van der Waals surface area (Å²) in [4.78, 5) is 15.7. The molecule has 0 spiro atoms. The Morgan fingerprint density at radius 1 is 1.05 bits per heavy atom. The highest BCUT2D eigenvalue weighted by Crippen LogP contribution is 2.29. The fourth-order valence-electron chi connectivity index (χ4n) is 1.75. The van der Waals surface area contributed by atoms with Crippen molar-refractivity contribution in [1.82, 2.24) is 0 Å². The zero-order chi connectivity index (χ0) is 14.5. The van der Waals surface area contributed by atoms with E-state index in [1.807, 2.05) is 32.3 Å². The molecule has 2 rings (SSSR count). The Kier molecular flexibility index (Phi) is 4.69. The van der Waals surface area contributed by atoms with Crippen LogP contribution in [0.25, 0.3) is 0 Å². The molecular weight excluding hydrogens is 270 g/mol. The van der Waals surface area contributed by atoms with Crippen molar-refractivity contribution in [3.8, 4) is 0 Å². The Morgan fingerprint density at radius 2 is 1.75 bits per heavy atom. The maximum atomic E-state index is 11.5. The van der Waals surface area contributed by atoms with Crippen molar-refractivity contribution in [1.29, 1.82) is 0 Å². The van der Waals surface area contributed by atoms with Gasteiger partial charge in [-0.25, -0.2) is 4.79 Å². The molecule has 0 heterocycles. The van der Waals surface area contributed by atoms with E-state index in [1.165, 1.54) is 7.11 Å². The maximum Gasteiger partial charge on any atom is 0.337 e. The summed E-state index contributed by atoms with van der Waals surface area (Å²) in [7, 11) is 5.42. The molecule has 0 aliphatic rings. The van der Waals surface area contributed by atoms with Crippen LogP contribution < -0.4 is 4.90 Å². The van der Waals surface area contributed by atoms with Crippen LogP contribution in [0.5, 0.6) is 0 Å². The molecular formula is C16H17NO2S. The van der Waals surface area contributed by atoms with Crippen LogP contribution >= 0.6 is 11.8 Å². The smallest absolute Gasteiger partial charge is 0.337 e. The third-order valence-electron chi connectivity index (χ3n) is 2.84. The molecule has 0 unspecified atom stereocenters. The Balaban J connectivity index is 2.15. The van der Waals surface area contributed by atoms with Crippen molar-refractivity contribution in [2.45, 2.75) is 9.79 Å². The van der Waals surface area contributed by atoms with Gasteiger partial charge in [-0.1, -0.05) is 17.8 Å². The average molecular weight is 287 g/mol. The predicted octanol–water partition coefficient (Wildman–Crippen LogP) is 3.69. The maximum absolute atomic E-state index is 11.5. The summed E-state index contributed by atoms with van der Waals surface area (Å²) in [6.45, 7) is 0. The van der Waals surface area contributed by atoms with Gasteiger partial charge < -0.3 is 9.64 Å². The molecule has 104 valence electrons. The number of hydrogen-bond acceptors (Lipinski definition) is 4. The first-order valence-corrected chi connectivity index (χ1v) is 7.05. The molecule has 0 N–H and O–H groups in total. The summed E-state index contributed by atoms with van der Waals surface area (Å²) in [5.74, 6) is -0.310. The fraction of sp³-hybridized carbons (Fsp3) is 0.188. The van der Waals surface area contributed by atoms with Gasteiger partial charge in [-0.2, -0.15) is 0 Å². The molecule has 0 aliphatic carbocycles. The van der Waals surface area contributed by atoms with Gasteiger partial charge in [0.15, 0.2) is 0 Å². The minimum atomic E-state index is -0.310. The van der Waals surface area contributed by atoms with Crippen molar-refractivity contribution < 1.29 is 9.53 Å². The number of nitrogens with zero attached hydrogens (tertiary/aromatic N) is 1. The summed E-state index contributed by atoms with van der Waals surface area (Å²) < 4.78 is 4.73. The van der Waals surface area contributed by atoms with Gasteiger partial charge in [0.1, 0.15) is 0 Å². The van der Waals surface area contributed by atoms with E-state index >= 15 is 0 Å². The van der Waals surface area contributed by atoms with Crippen molar-refractivity contribution in [3.05, 3.63) is 54.1 Å². The van der Waals surface area contributed by atoms with Gasteiger partial charge in [0.05, 0.1) is 12.7 Å². The van der Waals surface area contributed by atoms with Crippen molar-refractivity contribution >= 4 is 23.4 Å². The Hall–Kier alpha value is -1.94. The predicted molar refractivity (Wildman–Crippen MR) is 82.7 cm³/mol. The van der Waals surface area contributed by atoms with E-state index in [0.717, 1.165) is 15.5 Å². The quantitative estimate of drug-likeness (QED) is 0.802. The lowest BCUT2D eigenvalue weighted by molar-refractivity contribution is 0.0600. The van der Waals surface area contributed by atoms with Gasteiger partial charge in [-0.15, -0.1) is 0 Å². The van der Waals surface area contributed by atoms with Crippen LogP contribution in [0.4, 0.5) is 5.69 Å². The molecule has 2 aromatic carbocycles. The molecule has 0 bridgehead atoms. The lowest BCUT2D eigenvalue weighted by Gasteiger charge is -2.12. The Labute approximate surface area is 123 Å². The number of anilines is 1. The number of methoxy groups -OCH3 is 1. The van der Waals surface area contributed by atoms with E-state index in [-0.39, 0.29) is 5.97 Å². The van der Waals surface area contributed by atoms with Gasteiger partial charge in [0.25, 0.3) is 0 Å². The molecule has 2 aromatic rings. The molecule has 4 heteroatoms. The summed E-state index contributed by atoms with van der Waals surface area (Å²) in [5.41, 5.74) is 1.74. The van der Waals surface area contributed by atoms with Gasteiger partial charge in [0.2, 0.25) is 0 Å². The number of ether oxygens (including phenoxy) is 1. The van der Waals surface area contributed by atoms with E-state index in [4.69, 9.17) is 4.74 Å². The van der Waals surface area contributed by atoms with Crippen LogP contribution in [-0.2, 0) is 4.74 Å². The van der Waals surface area contributed by atoms with Gasteiger partial charge >= 0.3 is 5.97 Å². The van der Waals surface area contributed by atoms with E-state index in [0.29, 0.717) is 5.56 Å². The monoisotopic (exact) mass is 287 g/mol. The normalized spacial score (nSPS) is 10.2. The molecule has 0 radical (unpaired) electrons. The van der Waals surface area contributed by atoms with Gasteiger partial charge in [0, 0.05) is 29.6 Å². The van der Waals surface area contributed by atoms with E-state index in [2.05, 4.69) is 29.2 Å². The molecule has 0 fully saturated rings. The lowest BCUT2D eigenvalue weighted by Crippen LogP contribution is -2.07. The molecule has 0 aromatic heterocycles. The van der Waals surface area contributed by atoms with Crippen LogP contribution in [0.2, 0.25) is 0 Å². The first kappa shape index (κ1) is 14.5. The van der Waals surface area contributed by atoms with Crippen LogP contribution in [0, 0.1) is 0 Å². The second-order valence-corrected chi connectivity index (χ2v) is 5.66. The highest BCUT2D eigenvalue weighted by molar-refractivity contribution is 7.99. The van der Waals surface area contributed by atoms with Crippen molar-refractivity contribution in [3.63, 3.8) is 0 Å². The summed E-state index contributed by atoms with van der Waals surface area (Å²) in [5, 5.41) is 0. The molecule has 20 heavy (non-hydrogen) atoms. The summed E-state index contributed by atoms with van der Waals surface area (Å²) >= 11 is 1.62. The molecule has 0 aliphatic heterocycles. The second-order valence-electron chi connectivity index (χ2n) is 4.51. The van der Waals surface area contributed by atoms with Crippen molar-refractivity contribution in [2.24, 2.45) is 0 Å². The molecule has 0 saturated carbocycles. The third kappa shape index (κ3) is 3.54. The zero-order valence-electron chi connectivity index (χ0n) is 11.8. The average Bonchev–Trinajstić information content (AvgIpc) is 2.47. The third-order valence-corrected chi connectivity index (χ3v) is 3.84. The van der Waals surface area contributed by atoms with Crippen LogP contribution in [0.1, 0.15) is 10.4 Å². The lowest BCUT2D eigenvalue weighted by atomic mass is 10.2. The highest BCUT2D eigenvalue weighted by atomic mass is 32.2.